The van der Waals surface area contributed by atoms with Crippen molar-refractivity contribution in [2.24, 2.45) is 0 Å². The Balaban J connectivity index is 2.91. The lowest BCUT2D eigenvalue weighted by Crippen LogP contribution is -1.95. The molecule has 1 aromatic carbocycles. The van der Waals surface area contributed by atoms with Gasteiger partial charge in [-0.2, -0.15) is 0 Å². The van der Waals surface area contributed by atoms with E-state index >= 15 is 0 Å². The fourth-order valence-electron chi connectivity index (χ4n) is 1.48. The summed E-state index contributed by atoms with van der Waals surface area (Å²) < 4.78 is 18.2. The maximum atomic E-state index is 12.0. The molecule has 0 aliphatic rings. The average molecular weight is 307 g/mol. The van der Waals surface area contributed by atoms with Gasteiger partial charge in [0, 0.05) is 11.1 Å². The number of hydrogen-bond donors (Lipinski definition) is 1. The van der Waals surface area contributed by atoms with Crippen molar-refractivity contribution in [3.05, 3.63) is 33.8 Å². The third-order valence-corrected chi connectivity index (χ3v) is 4.65. The fourth-order valence-corrected chi connectivity index (χ4v) is 3.60. The van der Waals surface area contributed by atoms with Gasteiger partial charge in [0.05, 0.1) is 19.4 Å². The van der Waals surface area contributed by atoms with E-state index in [1.165, 1.54) is 0 Å². The number of halogens is 1. The van der Waals surface area contributed by atoms with Crippen molar-refractivity contribution in [3.63, 3.8) is 0 Å². The van der Waals surface area contributed by atoms with Crippen molar-refractivity contribution in [1.29, 1.82) is 0 Å². The molecule has 0 aromatic heterocycles. The summed E-state index contributed by atoms with van der Waals surface area (Å²) in [4.78, 5) is 0. The highest BCUT2D eigenvalue weighted by atomic mass is 79.9. The van der Waals surface area contributed by atoms with Crippen LogP contribution in [0.1, 0.15) is 18.1 Å². The molecule has 0 spiro atoms. The Kier molecular flexibility index (Phi) is 5.19. The Labute approximate surface area is 104 Å². The van der Waals surface area contributed by atoms with E-state index in [4.69, 9.17) is 9.63 Å². The summed E-state index contributed by atoms with van der Waals surface area (Å²) in [6, 6.07) is 5.53. The maximum Gasteiger partial charge on any atom is 0.204 e. The standard InChI is InChI=1S/C11H16BrO3P/c1-3-15-16(2,14)8-10-6-9(7-13)4-5-11(10)12/h4-6,13H,3,7-8H2,1-2H3. The molecule has 3 nitrogen and oxygen atoms in total. The van der Waals surface area contributed by atoms with Crippen LogP contribution in [-0.2, 0) is 21.9 Å². The number of aliphatic hydroxyl groups is 1. The lowest BCUT2D eigenvalue weighted by Gasteiger charge is -2.14. The average Bonchev–Trinajstić information content (AvgIpc) is 2.21. The molecule has 0 saturated heterocycles. The summed E-state index contributed by atoms with van der Waals surface area (Å²) in [5, 5.41) is 9.04. The quantitative estimate of drug-likeness (QED) is 0.848. The molecule has 0 bridgehead atoms. The van der Waals surface area contributed by atoms with Gasteiger partial charge >= 0.3 is 0 Å². The fraction of sp³-hybridized carbons (Fsp3) is 0.455. The molecule has 0 fully saturated rings. The SMILES string of the molecule is CCOP(C)(=O)Cc1cc(CO)ccc1Br. The summed E-state index contributed by atoms with van der Waals surface area (Å²) in [5.41, 5.74) is 1.72. The van der Waals surface area contributed by atoms with Gasteiger partial charge in [0.15, 0.2) is 0 Å². The third-order valence-electron chi connectivity index (χ3n) is 2.15. The first kappa shape index (κ1) is 13.9. The lowest BCUT2D eigenvalue weighted by atomic mass is 10.1. The van der Waals surface area contributed by atoms with Gasteiger partial charge in [-0.25, -0.2) is 0 Å². The molecule has 0 amide bonds. The van der Waals surface area contributed by atoms with Crippen LogP contribution in [0.2, 0.25) is 0 Å². The van der Waals surface area contributed by atoms with Crippen LogP contribution in [0, 0.1) is 0 Å². The summed E-state index contributed by atoms with van der Waals surface area (Å²) in [6.07, 6.45) is 0.384. The minimum Gasteiger partial charge on any atom is -0.392 e. The van der Waals surface area contributed by atoms with E-state index in [9.17, 15) is 4.57 Å². The molecule has 0 saturated carbocycles. The second-order valence-electron chi connectivity index (χ2n) is 3.67. The molecule has 1 atom stereocenters. The Hall–Kier alpha value is -0.150. The van der Waals surface area contributed by atoms with Gasteiger partial charge in [0.2, 0.25) is 7.37 Å². The predicted octanol–water partition coefficient (Wildman–Crippen LogP) is 3.39. The van der Waals surface area contributed by atoms with Crippen LogP contribution in [0.3, 0.4) is 0 Å². The minimum absolute atomic E-state index is 0.0110. The molecule has 1 rings (SSSR count). The van der Waals surface area contributed by atoms with Crippen LogP contribution in [0.4, 0.5) is 0 Å². The van der Waals surface area contributed by atoms with Crippen LogP contribution in [-0.4, -0.2) is 18.4 Å². The molecule has 0 aliphatic carbocycles. The van der Waals surface area contributed by atoms with Crippen molar-refractivity contribution in [2.75, 3.05) is 13.3 Å². The molecule has 1 N–H and O–H groups in total. The summed E-state index contributed by atoms with van der Waals surface area (Å²) in [7, 11) is -2.58. The van der Waals surface area contributed by atoms with Crippen molar-refractivity contribution in [1.82, 2.24) is 0 Å². The molecule has 0 radical (unpaired) electrons. The van der Waals surface area contributed by atoms with E-state index < -0.39 is 7.37 Å². The van der Waals surface area contributed by atoms with Crippen molar-refractivity contribution in [3.8, 4) is 0 Å². The van der Waals surface area contributed by atoms with E-state index in [2.05, 4.69) is 15.9 Å². The molecule has 0 heterocycles. The van der Waals surface area contributed by atoms with E-state index in [0.29, 0.717) is 12.8 Å². The summed E-state index contributed by atoms with van der Waals surface area (Å²) in [6.45, 7) is 3.90. The molecular formula is C11H16BrO3P. The lowest BCUT2D eigenvalue weighted by molar-refractivity contribution is 0.281. The van der Waals surface area contributed by atoms with Gasteiger partial charge in [-0.15, -0.1) is 0 Å². The Bertz CT molecular complexity index is 406. The van der Waals surface area contributed by atoms with Gasteiger partial charge in [0.1, 0.15) is 0 Å². The normalized spacial score (nSPS) is 14.8. The third kappa shape index (κ3) is 4.02. The van der Waals surface area contributed by atoms with Crippen molar-refractivity contribution in [2.45, 2.75) is 19.7 Å². The predicted molar refractivity (Wildman–Crippen MR) is 68.9 cm³/mol. The highest BCUT2D eigenvalue weighted by Gasteiger charge is 2.17. The smallest absolute Gasteiger partial charge is 0.204 e. The van der Waals surface area contributed by atoms with Gasteiger partial charge in [-0.3, -0.25) is 4.57 Å². The zero-order valence-electron chi connectivity index (χ0n) is 9.44. The second kappa shape index (κ2) is 5.97. The van der Waals surface area contributed by atoms with Crippen LogP contribution < -0.4 is 0 Å². The Morgan fingerprint density at radius 2 is 2.19 bits per heavy atom. The van der Waals surface area contributed by atoms with Gasteiger partial charge in [-0.1, -0.05) is 28.1 Å². The second-order valence-corrected chi connectivity index (χ2v) is 7.13. The molecule has 16 heavy (non-hydrogen) atoms. The van der Waals surface area contributed by atoms with Gasteiger partial charge in [0.25, 0.3) is 0 Å². The van der Waals surface area contributed by atoms with Crippen LogP contribution in [0.15, 0.2) is 22.7 Å². The molecular weight excluding hydrogens is 291 g/mol. The monoisotopic (exact) mass is 306 g/mol. The zero-order valence-corrected chi connectivity index (χ0v) is 11.9. The van der Waals surface area contributed by atoms with E-state index in [-0.39, 0.29) is 6.61 Å². The molecule has 5 heteroatoms. The number of hydrogen-bond acceptors (Lipinski definition) is 3. The minimum atomic E-state index is -2.58. The van der Waals surface area contributed by atoms with Crippen LogP contribution in [0.5, 0.6) is 0 Å². The number of benzene rings is 1. The first-order valence-corrected chi connectivity index (χ1v) is 8.12. The largest absolute Gasteiger partial charge is 0.392 e. The van der Waals surface area contributed by atoms with E-state index in [0.717, 1.165) is 15.6 Å². The number of aliphatic hydroxyl groups excluding tert-OH is 1. The Morgan fingerprint density at radius 3 is 2.75 bits per heavy atom. The summed E-state index contributed by atoms with van der Waals surface area (Å²) in [5.74, 6) is 0. The van der Waals surface area contributed by atoms with Crippen molar-refractivity contribution < 1.29 is 14.2 Å². The first-order chi connectivity index (χ1) is 7.48. The maximum absolute atomic E-state index is 12.0. The van der Waals surface area contributed by atoms with Crippen LogP contribution in [0.25, 0.3) is 0 Å². The molecule has 0 aliphatic heterocycles. The number of rotatable bonds is 5. The first-order valence-electron chi connectivity index (χ1n) is 5.07. The van der Waals surface area contributed by atoms with Gasteiger partial charge in [-0.05, 0) is 24.1 Å². The topological polar surface area (TPSA) is 46.5 Å². The molecule has 90 valence electrons. The highest BCUT2D eigenvalue weighted by molar-refractivity contribution is 9.10. The molecule has 1 aromatic rings. The van der Waals surface area contributed by atoms with Crippen molar-refractivity contribution >= 4 is 23.3 Å². The Morgan fingerprint density at radius 1 is 1.50 bits per heavy atom. The van der Waals surface area contributed by atoms with Gasteiger partial charge < -0.3 is 9.63 Å². The van der Waals surface area contributed by atoms with Crippen LogP contribution >= 0.6 is 23.3 Å². The van der Waals surface area contributed by atoms with E-state index in [1.54, 1.807) is 6.66 Å². The highest BCUT2D eigenvalue weighted by Crippen LogP contribution is 2.47. The molecule has 1 unspecified atom stereocenters. The summed E-state index contributed by atoms with van der Waals surface area (Å²) >= 11 is 3.41. The zero-order chi connectivity index (χ0) is 12.2. The van der Waals surface area contributed by atoms with E-state index in [1.807, 2.05) is 25.1 Å².